The molecule has 2 N–H and O–H groups in total. The van der Waals surface area contributed by atoms with Gasteiger partial charge in [-0.2, -0.15) is 0 Å². The lowest BCUT2D eigenvalue weighted by Crippen LogP contribution is -2.77. The number of methoxy groups -OCH3 is 2. The summed E-state index contributed by atoms with van der Waals surface area (Å²) in [6, 6.07) is 5.92. The Morgan fingerprint density at radius 3 is 2.94 bits per heavy atom. The maximum absolute atomic E-state index is 11.3. The first-order valence-electron chi connectivity index (χ1n) is 5.51. The van der Waals surface area contributed by atoms with E-state index in [1.165, 1.54) is 12.7 Å². The summed E-state index contributed by atoms with van der Waals surface area (Å²) in [5.41, 5.74) is 3.30. The number of esters is 1. The molecule has 90 valence electrons. The topological polar surface area (TPSA) is 52.1 Å². The van der Waals surface area contributed by atoms with Crippen molar-refractivity contribution in [3.8, 4) is 5.75 Å². The summed E-state index contributed by atoms with van der Waals surface area (Å²) in [6.45, 7) is 0.872. The molecule has 17 heavy (non-hydrogen) atoms. The maximum Gasteiger partial charge on any atom is 0.310 e. The highest BCUT2D eigenvalue weighted by molar-refractivity contribution is 5.85. The van der Waals surface area contributed by atoms with E-state index in [4.69, 9.17) is 9.47 Å². The Bertz CT molecular complexity index is 466. The largest absolute Gasteiger partial charge is 0.497 e. The van der Waals surface area contributed by atoms with E-state index < -0.39 is 0 Å². The molecule has 0 aromatic heterocycles. The van der Waals surface area contributed by atoms with Gasteiger partial charge in [-0.05, 0) is 17.7 Å². The van der Waals surface area contributed by atoms with Crippen molar-refractivity contribution in [3.63, 3.8) is 0 Å². The van der Waals surface area contributed by atoms with Gasteiger partial charge in [-0.1, -0.05) is 6.07 Å². The van der Waals surface area contributed by atoms with Crippen LogP contribution in [-0.4, -0.2) is 20.2 Å². The van der Waals surface area contributed by atoms with Gasteiger partial charge in [0.05, 0.1) is 26.8 Å². The van der Waals surface area contributed by atoms with Gasteiger partial charge < -0.3 is 14.8 Å². The Balaban J connectivity index is 2.28. The average Bonchev–Trinajstić information content (AvgIpc) is 2.38. The van der Waals surface area contributed by atoms with Crippen molar-refractivity contribution in [2.45, 2.75) is 13.0 Å². The molecular formula is C13H16NO3+. The molecule has 0 amide bonds. The fourth-order valence-corrected chi connectivity index (χ4v) is 1.98. The van der Waals surface area contributed by atoms with Crippen LogP contribution in [0.4, 0.5) is 0 Å². The van der Waals surface area contributed by atoms with Gasteiger partial charge in [0.25, 0.3) is 0 Å². The van der Waals surface area contributed by atoms with Crippen LogP contribution < -0.4 is 10.1 Å². The van der Waals surface area contributed by atoms with Crippen LogP contribution in [0.25, 0.3) is 5.57 Å². The predicted molar refractivity (Wildman–Crippen MR) is 63.2 cm³/mol. The van der Waals surface area contributed by atoms with E-state index in [1.807, 2.05) is 24.4 Å². The quantitative estimate of drug-likeness (QED) is 0.782. The number of fused-ring (bicyclic) bond motifs is 1. The number of nitrogens with two attached hydrogens (primary N) is 1. The molecule has 0 atom stereocenters. The number of benzene rings is 1. The van der Waals surface area contributed by atoms with Crippen molar-refractivity contribution in [1.29, 1.82) is 0 Å². The highest BCUT2D eigenvalue weighted by atomic mass is 16.5. The lowest BCUT2D eigenvalue weighted by Gasteiger charge is -2.16. The normalized spacial score (nSPS) is 13.6. The van der Waals surface area contributed by atoms with Crippen molar-refractivity contribution in [2.24, 2.45) is 0 Å². The third-order valence-corrected chi connectivity index (χ3v) is 2.88. The van der Waals surface area contributed by atoms with Gasteiger partial charge in [0, 0.05) is 11.1 Å². The van der Waals surface area contributed by atoms with Crippen LogP contribution in [-0.2, 0) is 16.1 Å². The van der Waals surface area contributed by atoms with Gasteiger partial charge in [-0.3, -0.25) is 4.79 Å². The van der Waals surface area contributed by atoms with E-state index in [9.17, 15) is 4.79 Å². The smallest absolute Gasteiger partial charge is 0.310 e. The minimum absolute atomic E-state index is 0.215. The molecule has 1 heterocycles. The zero-order valence-electron chi connectivity index (χ0n) is 10.0. The molecule has 0 unspecified atom stereocenters. The number of hydrogen-bond donors (Lipinski definition) is 1. The lowest BCUT2D eigenvalue weighted by atomic mass is 9.95. The highest BCUT2D eigenvalue weighted by Crippen LogP contribution is 2.26. The Morgan fingerprint density at radius 2 is 2.24 bits per heavy atom. The summed E-state index contributed by atoms with van der Waals surface area (Å²) in [6.07, 6.45) is 2.30. The molecule has 1 aliphatic rings. The van der Waals surface area contributed by atoms with Crippen LogP contribution in [0.15, 0.2) is 24.4 Å². The zero-order valence-corrected chi connectivity index (χ0v) is 10.0. The van der Waals surface area contributed by atoms with Crippen LogP contribution in [0, 0.1) is 0 Å². The number of carbonyl (C=O) groups excluding carboxylic acids is 1. The van der Waals surface area contributed by atoms with Crippen LogP contribution in [0.5, 0.6) is 5.75 Å². The summed E-state index contributed by atoms with van der Waals surface area (Å²) in [7, 11) is 3.06. The van der Waals surface area contributed by atoms with E-state index in [0.717, 1.165) is 23.4 Å². The van der Waals surface area contributed by atoms with E-state index in [1.54, 1.807) is 7.11 Å². The Kier molecular flexibility index (Phi) is 3.44. The molecule has 1 aromatic carbocycles. The second kappa shape index (κ2) is 5.01. The first kappa shape index (κ1) is 11.7. The van der Waals surface area contributed by atoms with Gasteiger partial charge in [0.2, 0.25) is 0 Å². The molecule has 0 spiro atoms. The van der Waals surface area contributed by atoms with Gasteiger partial charge in [0.15, 0.2) is 0 Å². The Morgan fingerprint density at radius 1 is 1.41 bits per heavy atom. The predicted octanol–water partition coefficient (Wildman–Crippen LogP) is 0.676. The van der Waals surface area contributed by atoms with Crippen LogP contribution in [0.1, 0.15) is 17.5 Å². The second-order valence-electron chi connectivity index (χ2n) is 3.91. The van der Waals surface area contributed by atoms with E-state index in [-0.39, 0.29) is 5.97 Å². The monoisotopic (exact) mass is 234 g/mol. The number of carbonyl (C=O) groups is 1. The fraction of sp³-hybridized carbons (Fsp3) is 0.308. The molecule has 4 nitrogen and oxygen atoms in total. The fourth-order valence-electron chi connectivity index (χ4n) is 1.98. The third kappa shape index (κ3) is 2.47. The summed E-state index contributed by atoms with van der Waals surface area (Å²) in [5.74, 6) is 0.629. The number of rotatable bonds is 3. The van der Waals surface area contributed by atoms with Crippen molar-refractivity contribution in [3.05, 3.63) is 35.5 Å². The van der Waals surface area contributed by atoms with E-state index in [0.29, 0.717) is 6.42 Å². The Hall–Kier alpha value is -1.81. The standard InChI is InChI=1S/C13H15NO3/c1-16-11-3-4-12-9(5-11)7-14-8-10(12)6-13(15)17-2/h3-5,8,14H,6-7H2,1-2H3/p+1. The maximum atomic E-state index is 11.3. The molecule has 2 rings (SSSR count). The molecule has 4 heteroatoms. The summed E-state index contributed by atoms with van der Waals surface area (Å²) < 4.78 is 9.89. The van der Waals surface area contributed by atoms with Gasteiger partial charge >= 0.3 is 5.97 Å². The molecule has 0 aliphatic carbocycles. The van der Waals surface area contributed by atoms with Crippen molar-refractivity contribution < 1.29 is 19.6 Å². The number of hydrogen-bond acceptors (Lipinski definition) is 3. The first-order valence-corrected chi connectivity index (χ1v) is 5.51. The lowest BCUT2D eigenvalue weighted by molar-refractivity contribution is -0.605. The Labute approximate surface area is 100 Å². The van der Waals surface area contributed by atoms with Crippen LogP contribution in [0.2, 0.25) is 0 Å². The number of ether oxygens (including phenoxy) is 2. The molecule has 0 saturated heterocycles. The molecule has 1 aromatic rings. The summed E-state index contributed by atoms with van der Waals surface area (Å²) in [5, 5.41) is 2.06. The first-order chi connectivity index (χ1) is 8.24. The van der Waals surface area contributed by atoms with E-state index in [2.05, 4.69) is 5.32 Å². The molecular weight excluding hydrogens is 218 g/mol. The van der Waals surface area contributed by atoms with Gasteiger partial charge in [-0.25, -0.2) is 0 Å². The number of quaternary nitrogens is 1. The highest BCUT2D eigenvalue weighted by Gasteiger charge is 2.18. The van der Waals surface area contributed by atoms with Crippen LogP contribution in [0.3, 0.4) is 0 Å². The molecule has 1 aliphatic heterocycles. The van der Waals surface area contributed by atoms with Gasteiger partial charge in [-0.15, -0.1) is 0 Å². The van der Waals surface area contributed by atoms with Crippen molar-refractivity contribution >= 4 is 11.5 Å². The molecule has 0 bridgehead atoms. The summed E-state index contributed by atoms with van der Waals surface area (Å²) >= 11 is 0. The average molecular weight is 234 g/mol. The van der Waals surface area contributed by atoms with Gasteiger partial charge in [0.1, 0.15) is 12.3 Å². The minimum atomic E-state index is -0.215. The van der Waals surface area contributed by atoms with Crippen molar-refractivity contribution in [1.82, 2.24) is 0 Å². The third-order valence-electron chi connectivity index (χ3n) is 2.88. The zero-order chi connectivity index (χ0) is 12.3. The molecule has 0 fully saturated rings. The summed E-state index contributed by atoms with van der Waals surface area (Å²) in [4.78, 5) is 11.3. The van der Waals surface area contributed by atoms with E-state index >= 15 is 0 Å². The minimum Gasteiger partial charge on any atom is -0.497 e. The van der Waals surface area contributed by atoms with Crippen molar-refractivity contribution in [2.75, 3.05) is 14.2 Å². The van der Waals surface area contributed by atoms with Crippen LogP contribution >= 0.6 is 0 Å². The molecule has 0 saturated carbocycles. The molecule has 0 radical (unpaired) electrons. The second-order valence-corrected chi connectivity index (χ2v) is 3.91. The SMILES string of the molecule is COC(=O)CC1=C[NH2+]Cc2cc(OC)ccc21.